The lowest BCUT2D eigenvalue weighted by Crippen LogP contribution is -2.15. The van der Waals surface area contributed by atoms with Gasteiger partial charge in [-0.25, -0.2) is 0 Å². The molecule has 0 bridgehead atoms. The molecule has 0 amide bonds. The highest BCUT2D eigenvalue weighted by atomic mass is 16.5. The van der Waals surface area contributed by atoms with Gasteiger partial charge in [0.2, 0.25) is 0 Å². The summed E-state index contributed by atoms with van der Waals surface area (Å²) in [7, 11) is 0. The van der Waals surface area contributed by atoms with Gasteiger partial charge in [-0.05, 0) is 18.6 Å². The van der Waals surface area contributed by atoms with Crippen LogP contribution in [0.25, 0.3) is 0 Å². The van der Waals surface area contributed by atoms with E-state index >= 15 is 0 Å². The zero-order chi connectivity index (χ0) is 10.9. The van der Waals surface area contributed by atoms with Crippen LogP contribution >= 0.6 is 0 Å². The van der Waals surface area contributed by atoms with E-state index in [4.69, 9.17) is 14.9 Å². The molecule has 0 aliphatic rings. The first kappa shape index (κ1) is 12.3. The molecule has 0 aliphatic heterocycles. The molecule has 1 aromatic rings. The van der Waals surface area contributed by atoms with Gasteiger partial charge in [-0.2, -0.15) is 0 Å². The fraction of sp³-hybridized carbons (Fsp3) is 0.667. The fourth-order valence-corrected chi connectivity index (χ4v) is 1.50. The summed E-state index contributed by atoms with van der Waals surface area (Å²) in [5.41, 5.74) is 5.62. The molecule has 1 rings (SSSR count). The van der Waals surface area contributed by atoms with Gasteiger partial charge in [-0.15, -0.1) is 0 Å². The Hall–Kier alpha value is -0.800. The summed E-state index contributed by atoms with van der Waals surface area (Å²) >= 11 is 0. The Bertz CT molecular complexity index is 234. The molecule has 1 aromatic heterocycles. The van der Waals surface area contributed by atoms with Crippen molar-refractivity contribution in [1.82, 2.24) is 0 Å². The van der Waals surface area contributed by atoms with Crippen LogP contribution in [0.3, 0.4) is 0 Å². The molecular weight excluding hydrogens is 190 g/mol. The Balaban J connectivity index is 2.18. The van der Waals surface area contributed by atoms with Gasteiger partial charge in [-0.3, -0.25) is 0 Å². The second-order valence-electron chi connectivity index (χ2n) is 3.67. The first-order chi connectivity index (χ1) is 7.38. The molecule has 3 nitrogen and oxygen atoms in total. The number of hydrogen-bond donors (Lipinski definition) is 1. The summed E-state index contributed by atoms with van der Waals surface area (Å²) < 4.78 is 10.9. The number of nitrogens with two attached hydrogens (primary N) is 1. The lowest BCUT2D eigenvalue weighted by Gasteiger charge is -2.13. The average molecular weight is 211 g/mol. The Morgan fingerprint density at radius 3 is 2.87 bits per heavy atom. The van der Waals surface area contributed by atoms with Crippen molar-refractivity contribution >= 4 is 0 Å². The maximum Gasteiger partial charge on any atom is 0.133 e. The van der Waals surface area contributed by atoms with Crippen molar-refractivity contribution in [2.45, 2.75) is 38.7 Å². The summed E-state index contributed by atoms with van der Waals surface area (Å²) in [6.07, 6.45) is 6.42. The van der Waals surface area contributed by atoms with Crippen molar-refractivity contribution < 1.29 is 9.15 Å². The van der Waals surface area contributed by atoms with Crippen LogP contribution in [-0.2, 0) is 4.74 Å². The standard InChI is InChI=1S/C12H21NO2/c1-2-3-4-5-8-15-12(10-13)11-7-6-9-14-11/h6-7,9,12H,2-5,8,10,13H2,1H3. The van der Waals surface area contributed by atoms with Gasteiger partial charge in [-0.1, -0.05) is 26.2 Å². The van der Waals surface area contributed by atoms with Crippen molar-refractivity contribution in [3.63, 3.8) is 0 Å². The van der Waals surface area contributed by atoms with E-state index in [1.54, 1.807) is 6.26 Å². The number of unbranched alkanes of at least 4 members (excludes halogenated alkanes) is 3. The number of furan rings is 1. The van der Waals surface area contributed by atoms with Crippen molar-refractivity contribution in [2.24, 2.45) is 5.73 Å². The highest BCUT2D eigenvalue weighted by Crippen LogP contribution is 2.16. The highest BCUT2D eigenvalue weighted by Gasteiger charge is 2.11. The summed E-state index contributed by atoms with van der Waals surface area (Å²) in [6.45, 7) is 3.44. The van der Waals surface area contributed by atoms with Gasteiger partial charge < -0.3 is 14.9 Å². The van der Waals surface area contributed by atoms with Gasteiger partial charge in [0.25, 0.3) is 0 Å². The molecule has 0 fully saturated rings. The molecular formula is C12H21NO2. The largest absolute Gasteiger partial charge is 0.467 e. The molecule has 0 saturated heterocycles. The third-order valence-corrected chi connectivity index (χ3v) is 2.39. The molecule has 0 radical (unpaired) electrons. The van der Waals surface area contributed by atoms with Crippen molar-refractivity contribution in [1.29, 1.82) is 0 Å². The van der Waals surface area contributed by atoms with Crippen LogP contribution in [-0.4, -0.2) is 13.2 Å². The minimum Gasteiger partial charge on any atom is -0.467 e. The second-order valence-corrected chi connectivity index (χ2v) is 3.67. The van der Waals surface area contributed by atoms with E-state index in [-0.39, 0.29) is 6.10 Å². The third-order valence-electron chi connectivity index (χ3n) is 2.39. The second kappa shape index (κ2) is 7.49. The zero-order valence-electron chi connectivity index (χ0n) is 9.45. The minimum absolute atomic E-state index is 0.0818. The molecule has 15 heavy (non-hydrogen) atoms. The Labute approximate surface area is 91.6 Å². The number of hydrogen-bond acceptors (Lipinski definition) is 3. The van der Waals surface area contributed by atoms with Crippen LogP contribution in [0.5, 0.6) is 0 Å². The predicted octanol–water partition coefficient (Wildman–Crippen LogP) is 2.88. The monoisotopic (exact) mass is 211 g/mol. The van der Waals surface area contributed by atoms with Crippen LogP contribution in [0, 0.1) is 0 Å². The van der Waals surface area contributed by atoms with Crippen LogP contribution in [0.15, 0.2) is 22.8 Å². The zero-order valence-corrected chi connectivity index (χ0v) is 9.45. The molecule has 0 aromatic carbocycles. The molecule has 0 saturated carbocycles. The molecule has 1 heterocycles. The molecule has 1 atom stereocenters. The molecule has 86 valence electrons. The number of rotatable bonds is 8. The SMILES string of the molecule is CCCCCCOC(CN)c1ccco1. The predicted molar refractivity (Wildman–Crippen MR) is 60.6 cm³/mol. The van der Waals surface area contributed by atoms with Gasteiger partial charge in [0.05, 0.1) is 6.26 Å². The Morgan fingerprint density at radius 2 is 2.27 bits per heavy atom. The van der Waals surface area contributed by atoms with E-state index in [1.807, 2.05) is 12.1 Å². The average Bonchev–Trinajstić information content (AvgIpc) is 2.77. The summed E-state index contributed by atoms with van der Waals surface area (Å²) in [5.74, 6) is 0.827. The van der Waals surface area contributed by atoms with Crippen LogP contribution < -0.4 is 5.73 Å². The van der Waals surface area contributed by atoms with Crippen LogP contribution in [0.4, 0.5) is 0 Å². The smallest absolute Gasteiger partial charge is 0.133 e. The fourth-order valence-electron chi connectivity index (χ4n) is 1.50. The lowest BCUT2D eigenvalue weighted by molar-refractivity contribution is 0.0413. The molecule has 0 spiro atoms. The van der Waals surface area contributed by atoms with Gasteiger partial charge >= 0.3 is 0 Å². The topological polar surface area (TPSA) is 48.4 Å². The maximum atomic E-state index is 5.66. The van der Waals surface area contributed by atoms with E-state index in [1.165, 1.54) is 19.3 Å². The van der Waals surface area contributed by atoms with Crippen molar-refractivity contribution in [3.8, 4) is 0 Å². The van der Waals surface area contributed by atoms with E-state index in [9.17, 15) is 0 Å². The maximum absolute atomic E-state index is 5.66. The highest BCUT2D eigenvalue weighted by molar-refractivity contribution is 5.02. The molecule has 0 aliphatic carbocycles. The third kappa shape index (κ3) is 4.49. The Kier molecular flexibility index (Phi) is 6.12. The first-order valence-corrected chi connectivity index (χ1v) is 5.73. The lowest BCUT2D eigenvalue weighted by atomic mass is 10.2. The Morgan fingerprint density at radius 1 is 1.40 bits per heavy atom. The quantitative estimate of drug-likeness (QED) is 0.673. The normalized spacial score (nSPS) is 12.9. The molecule has 2 N–H and O–H groups in total. The summed E-state index contributed by atoms with van der Waals surface area (Å²) in [6, 6.07) is 3.77. The van der Waals surface area contributed by atoms with E-state index < -0.39 is 0 Å². The molecule has 1 unspecified atom stereocenters. The van der Waals surface area contributed by atoms with E-state index in [0.717, 1.165) is 18.8 Å². The van der Waals surface area contributed by atoms with Crippen LogP contribution in [0.2, 0.25) is 0 Å². The van der Waals surface area contributed by atoms with Crippen molar-refractivity contribution in [3.05, 3.63) is 24.2 Å². The minimum atomic E-state index is -0.0818. The van der Waals surface area contributed by atoms with Crippen LogP contribution in [0.1, 0.15) is 44.5 Å². The van der Waals surface area contributed by atoms with E-state index in [0.29, 0.717) is 6.54 Å². The van der Waals surface area contributed by atoms with Gasteiger partial charge in [0, 0.05) is 13.2 Å². The summed E-state index contributed by atoms with van der Waals surface area (Å²) in [5, 5.41) is 0. The molecule has 3 heteroatoms. The van der Waals surface area contributed by atoms with Gasteiger partial charge in [0.1, 0.15) is 11.9 Å². The van der Waals surface area contributed by atoms with Gasteiger partial charge in [0.15, 0.2) is 0 Å². The van der Waals surface area contributed by atoms with Crippen molar-refractivity contribution in [2.75, 3.05) is 13.2 Å². The first-order valence-electron chi connectivity index (χ1n) is 5.73. The summed E-state index contributed by atoms with van der Waals surface area (Å²) in [4.78, 5) is 0. The number of ether oxygens (including phenoxy) is 1. The van der Waals surface area contributed by atoms with E-state index in [2.05, 4.69) is 6.92 Å².